The molecule has 2 atom stereocenters. The van der Waals surface area contributed by atoms with E-state index in [1.165, 1.54) is 6.20 Å². The molecular weight excluding hydrogens is 200 g/mol. The van der Waals surface area contributed by atoms with E-state index in [0.717, 1.165) is 4.68 Å². The highest BCUT2D eigenvalue weighted by atomic mass is 16.5. The monoisotopic (exact) mass is 212 g/mol. The lowest BCUT2D eigenvalue weighted by Gasteiger charge is -2.12. The van der Waals surface area contributed by atoms with Crippen LogP contribution in [0.15, 0.2) is 11.0 Å². The number of aliphatic hydroxyl groups excluding tert-OH is 1. The van der Waals surface area contributed by atoms with E-state index in [9.17, 15) is 4.79 Å². The van der Waals surface area contributed by atoms with E-state index in [1.54, 1.807) is 0 Å². The molecule has 0 bridgehead atoms. The fraction of sp³-hybridized carbons (Fsp3) is 0.625. The molecule has 15 heavy (non-hydrogen) atoms. The number of nitrogens with two attached hydrogens (primary N) is 1. The molecule has 1 aromatic rings. The van der Waals surface area contributed by atoms with Crippen LogP contribution >= 0.6 is 0 Å². The summed E-state index contributed by atoms with van der Waals surface area (Å²) in [4.78, 5) is 14.9. The topological polar surface area (TPSA) is 103 Å². The first-order chi connectivity index (χ1) is 7.20. The van der Waals surface area contributed by atoms with Gasteiger partial charge in [-0.05, 0) is 12.8 Å². The third kappa shape index (κ3) is 1.97. The maximum absolute atomic E-state index is 11.4. The van der Waals surface area contributed by atoms with Crippen molar-refractivity contribution in [3.8, 4) is 0 Å². The van der Waals surface area contributed by atoms with Crippen molar-refractivity contribution < 1.29 is 9.84 Å². The van der Waals surface area contributed by atoms with Crippen molar-refractivity contribution in [3.63, 3.8) is 0 Å². The van der Waals surface area contributed by atoms with Crippen molar-refractivity contribution in [1.82, 2.24) is 14.8 Å². The number of hydrogen-bond acceptors (Lipinski definition) is 6. The highest BCUT2D eigenvalue weighted by Gasteiger charge is 2.27. The van der Waals surface area contributed by atoms with Crippen LogP contribution < -0.4 is 11.4 Å². The summed E-state index contributed by atoms with van der Waals surface area (Å²) in [6.45, 7) is -0.0480. The molecule has 0 aliphatic carbocycles. The van der Waals surface area contributed by atoms with E-state index in [1.807, 2.05) is 0 Å². The van der Waals surface area contributed by atoms with E-state index in [-0.39, 0.29) is 18.5 Å². The molecule has 2 rings (SSSR count). The summed E-state index contributed by atoms with van der Waals surface area (Å²) in [5.74, 6) is 0.0907. The molecule has 7 nitrogen and oxygen atoms in total. The van der Waals surface area contributed by atoms with Gasteiger partial charge in [0.15, 0.2) is 6.23 Å². The van der Waals surface area contributed by atoms with Crippen LogP contribution in [0.3, 0.4) is 0 Å². The Morgan fingerprint density at radius 1 is 1.67 bits per heavy atom. The minimum atomic E-state index is -0.529. The number of nitrogen functional groups attached to an aromatic ring is 1. The molecule has 0 radical (unpaired) electrons. The average Bonchev–Trinajstić information content (AvgIpc) is 2.66. The summed E-state index contributed by atoms with van der Waals surface area (Å²) in [6.07, 6.45) is 1.99. The Morgan fingerprint density at radius 2 is 2.47 bits per heavy atom. The Hall–Kier alpha value is -1.47. The molecule has 1 aliphatic heterocycles. The zero-order chi connectivity index (χ0) is 10.8. The molecule has 2 unspecified atom stereocenters. The van der Waals surface area contributed by atoms with Crippen molar-refractivity contribution in [3.05, 3.63) is 16.7 Å². The number of aromatic nitrogens is 3. The fourth-order valence-electron chi connectivity index (χ4n) is 1.56. The van der Waals surface area contributed by atoms with Crippen molar-refractivity contribution in [2.45, 2.75) is 25.2 Å². The standard InChI is InChI=1S/C8H12N4O3/c9-6-3-10-12(8(14)11-6)7-2-1-5(4-13)15-7/h3,5,7,13H,1-2,4H2,(H2,9,11,14). The van der Waals surface area contributed by atoms with Crippen molar-refractivity contribution in [2.24, 2.45) is 0 Å². The molecule has 0 aromatic carbocycles. The second kappa shape index (κ2) is 3.95. The molecule has 2 heterocycles. The number of nitrogens with zero attached hydrogens (tertiary/aromatic N) is 3. The number of rotatable bonds is 2. The second-order valence-corrected chi connectivity index (χ2v) is 3.38. The van der Waals surface area contributed by atoms with Gasteiger partial charge in [-0.1, -0.05) is 0 Å². The van der Waals surface area contributed by atoms with Crippen LogP contribution in [0.4, 0.5) is 5.82 Å². The van der Waals surface area contributed by atoms with Gasteiger partial charge < -0.3 is 15.6 Å². The van der Waals surface area contributed by atoms with E-state index < -0.39 is 11.9 Å². The minimum absolute atomic E-state index is 0.0480. The summed E-state index contributed by atoms with van der Waals surface area (Å²) in [5, 5.41) is 12.7. The fourth-order valence-corrected chi connectivity index (χ4v) is 1.56. The molecule has 1 fully saturated rings. The van der Waals surface area contributed by atoms with Crippen molar-refractivity contribution in [2.75, 3.05) is 12.3 Å². The maximum Gasteiger partial charge on any atom is 0.368 e. The number of aliphatic hydroxyl groups is 1. The Bertz CT molecular complexity index is 405. The van der Waals surface area contributed by atoms with Gasteiger partial charge in [-0.25, -0.2) is 4.79 Å². The van der Waals surface area contributed by atoms with Gasteiger partial charge >= 0.3 is 5.69 Å². The predicted molar refractivity (Wildman–Crippen MR) is 50.9 cm³/mol. The first-order valence-electron chi connectivity index (χ1n) is 4.68. The molecule has 1 aliphatic rings. The zero-order valence-corrected chi connectivity index (χ0v) is 8.04. The van der Waals surface area contributed by atoms with E-state index in [0.29, 0.717) is 12.8 Å². The van der Waals surface area contributed by atoms with Crippen molar-refractivity contribution in [1.29, 1.82) is 0 Å². The van der Waals surface area contributed by atoms with E-state index in [4.69, 9.17) is 15.6 Å². The third-order valence-electron chi connectivity index (χ3n) is 2.30. The minimum Gasteiger partial charge on any atom is -0.394 e. The third-order valence-corrected chi connectivity index (χ3v) is 2.30. The highest BCUT2D eigenvalue weighted by molar-refractivity contribution is 5.19. The van der Waals surface area contributed by atoms with Crippen LogP contribution in [0, 0.1) is 0 Å². The summed E-state index contributed by atoms with van der Waals surface area (Å²) in [5.41, 5.74) is 4.78. The molecule has 7 heteroatoms. The lowest BCUT2D eigenvalue weighted by Crippen LogP contribution is -2.30. The number of anilines is 1. The van der Waals surface area contributed by atoms with Crippen LogP contribution in [0.25, 0.3) is 0 Å². The molecule has 82 valence electrons. The van der Waals surface area contributed by atoms with Crippen LogP contribution in [-0.2, 0) is 4.74 Å². The van der Waals surface area contributed by atoms with E-state index >= 15 is 0 Å². The Morgan fingerprint density at radius 3 is 3.07 bits per heavy atom. The number of hydrogen-bond donors (Lipinski definition) is 2. The summed E-state index contributed by atoms with van der Waals surface area (Å²) >= 11 is 0. The van der Waals surface area contributed by atoms with Crippen LogP contribution in [0.2, 0.25) is 0 Å². The highest BCUT2D eigenvalue weighted by Crippen LogP contribution is 2.25. The van der Waals surface area contributed by atoms with Gasteiger partial charge in [0.2, 0.25) is 0 Å². The molecule has 1 saturated heterocycles. The smallest absolute Gasteiger partial charge is 0.368 e. The van der Waals surface area contributed by atoms with Gasteiger partial charge in [-0.3, -0.25) is 0 Å². The summed E-state index contributed by atoms with van der Waals surface area (Å²) in [6, 6.07) is 0. The van der Waals surface area contributed by atoms with E-state index in [2.05, 4.69) is 10.1 Å². The zero-order valence-electron chi connectivity index (χ0n) is 8.04. The van der Waals surface area contributed by atoms with Crippen LogP contribution in [0.5, 0.6) is 0 Å². The Balaban J connectivity index is 2.20. The van der Waals surface area contributed by atoms with Gasteiger partial charge in [0.25, 0.3) is 0 Å². The van der Waals surface area contributed by atoms with Gasteiger partial charge in [-0.15, -0.1) is 0 Å². The van der Waals surface area contributed by atoms with Gasteiger partial charge in [0, 0.05) is 0 Å². The normalized spacial score (nSPS) is 25.7. The number of ether oxygens (including phenoxy) is 1. The molecule has 0 amide bonds. The van der Waals surface area contributed by atoms with Crippen LogP contribution in [0.1, 0.15) is 19.1 Å². The summed E-state index contributed by atoms with van der Waals surface area (Å²) in [7, 11) is 0. The molecular formula is C8H12N4O3. The summed E-state index contributed by atoms with van der Waals surface area (Å²) < 4.78 is 6.53. The first kappa shape index (κ1) is 10.1. The lowest BCUT2D eigenvalue weighted by atomic mass is 10.2. The molecule has 0 saturated carbocycles. The molecule has 3 N–H and O–H groups in total. The quantitative estimate of drug-likeness (QED) is 0.644. The second-order valence-electron chi connectivity index (χ2n) is 3.38. The predicted octanol–water partition coefficient (Wildman–Crippen LogP) is -1.11. The van der Waals surface area contributed by atoms with Crippen molar-refractivity contribution >= 4 is 5.82 Å². The lowest BCUT2D eigenvalue weighted by molar-refractivity contribution is -0.0312. The van der Waals surface area contributed by atoms with Gasteiger partial charge in [-0.2, -0.15) is 14.8 Å². The Kier molecular flexibility index (Phi) is 2.65. The van der Waals surface area contributed by atoms with Gasteiger partial charge in [0.05, 0.1) is 18.9 Å². The Labute approximate surface area is 85.5 Å². The van der Waals surface area contributed by atoms with Gasteiger partial charge in [0.1, 0.15) is 5.82 Å². The maximum atomic E-state index is 11.4. The molecule has 0 spiro atoms. The van der Waals surface area contributed by atoms with Crippen LogP contribution in [-0.4, -0.2) is 32.6 Å². The average molecular weight is 212 g/mol. The molecule has 1 aromatic heterocycles. The largest absolute Gasteiger partial charge is 0.394 e. The SMILES string of the molecule is Nc1cnn(C2CCC(CO)O2)c(=O)n1. The first-order valence-corrected chi connectivity index (χ1v) is 4.68.